The Morgan fingerprint density at radius 2 is 2.00 bits per heavy atom. The third-order valence-electron chi connectivity index (χ3n) is 2.37. The van der Waals surface area contributed by atoms with Crippen molar-refractivity contribution in [1.82, 2.24) is 0 Å². The van der Waals surface area contributed by atoms with E-state index in [2.05, 4.69) is 4.74 Å². The van der Waals surface area contributed by atoms with E-state index in [0.29, 0.717) is 6.07 Å². The van der Waals surface area contributed by atoms with Gasteiger partial charge in [0.25, 0.3) is 5.91 Å². The average molecular weight is 281 g/mol. The summed E-state index contributed by atoms with van der Waals surface area (Å²) in [5, 5.41) is 11.3. The molecule has 4 nitrogen and oxygen atoms in total. The monoisotopic (exact) mass is 281 g/mol. The van der Waals surface area contributed by atoms with Gasteiger partial charge in [0.15, 0.2) is 0 Å². The number of anilines is 1. The number of rotatable bonds is 3. The molecule has 0 heterocycles. The van der Waals surface area contributed by atoms with Crippen molar-refractivity contribution in [3.8, 4) is 5.75 Å². The fourth-order valence-electron chi connectivity index (χ4n) is 1.22. The van der Waals surface area contributed by atoms with Crippen molar-refractivity contribution in [2.24, 2.45) is 0 Å². The molecule has 1 rings (SSSR count). The van der Waals surface area contributed by atoms with E-state index < -0.39 is 41.0 Å². The molecule has 1 amide bonds. The maximum absolute atomic E-state index is 13.1. The number of phenols is 1. The Morgan fingerprint density at radius 3 is 2.47 bits per heavy atom. The van der Waals surface area contributed by atoms with Gasteiger partial charge in [-0.2, -0.15) is 13.2 Å². The van der Waals surface area contributed by atoms with Crippen molar-refractivity contribution < 1.29 is 32.2 Å². The van der Waals surface area contributed by atoms with Gasteiger partial charge in [0.1, 0.15) is 17.7 Å². The summed E-state index contributed by atoms with van der Waals surface area (Å²) in [6, 6.07) is 0.612. The lowest BCUT2D eigenvalue weighted by Crippen LogP contribution is -2.26. The van der Waals surface area contributed by atoms with E-state index in [0.717, 1.165) is 0 Å². The van der Waals surface area contributed by atoms with Crippen LogP contribution in [0.25, 0.3) is 0 Å². The summed E-state index contributed by atoms with van der Waals surface area (Å²) in [5.74, 6) is -3.19. The minimum absolute atomic E-state index is 0.288. The zero-order valence-electron chi connectivity index (χ0n) is 10.0. The Hall–Kier alpha value is -1.83. The van der Waals surface area contributed by atoms with Gasteiger partial charge in [-0.25, -0.2) is 4.39 Å². The number of hydrogen-bond donors (Lipinski definition) is 2. The molecule has 106 valence electrons. The summed E-state index contributed by atoms with van der Waals surface area (Å²) in [7, 11) is 1.23. The second-order valence-corrected chi connectivity index (χ2v) is 3.71. The molecule has 0 bridgehead atoms. The number of alkyl halides is 3. The number of halogens is 4. The number of hydrogen-bond acceptors (Lipinski definition) is 3. The Bertz CT molecular complexity index is 488. The molecule has 19 heavy (non-hydrogen) atoms. The maximum Gasteiger partial charge on any atom is 0.419 e. The minimum atomic E-state index is -4.93. The predicted molar refractivity (Wildman–Crippen MR) is 58.2 cm³/mol. The van der Waals surface area contributed by atoms with Crippen molar-refractivity contribution in [1.29, 1.82) is 0 Å². The molecule has 0 radical (unpaired) electrons. The van der Waals surface area contributed by atoms with Crippen LogP contribution in [0.4, 0.5) is 23.2 Å². The Kier molecular flexibility index (Phi) is 4.35. The van der Waals surface area contributed by atoms with Crippen LogP contribution in [0.3, 0.4) is 0 Å². The Balaban J connectivity index is 3.12. The van der Waals surface area contributed by atoms with Gasteiger partial charge in [0, 0.05) is 13.2 Å². The van der Waals surface area contributed by atoms with Crippen LogP contribution in [0, 0.1) is 5.82 Å². The first kappa shape index (κ1) is 15.2. The summed E-state index contributed by atoms with van der Waals surface area (Å²) in [6.45, 7) is 1.36. The number of carbonyl (C=O) groups excluding carboxylic acids is 1. The number of amides is 1. The van der Waals surface area contributed by atoms with Crippen molar-refractivity contribution in [3.05, 3.63) is 23.5 Å². The lowest BCUT2D eigenvalue weighted by Gasteiger charge is -2.14. The van der Waals surface area contributed by atoms with Gasteiger partial charge in [0.2, 0.25) is 0 Å². The van der Waals surface area contributed by atoms with Crippen LogP contribution in [0.2, 0.25) is 0 Å². The van der Waals surface area contributed by atoms with Crippen LogP contribution in [0.15, 0.2) is 12.1 Å². The molecule has 1 aromatic carbocycles. The first-order valence-electron chi connectivity index (χ1n) is 5.10. The number of nitrogens with one attached hydrogen (secondary N) is 1. The van der Waals surface area contributed by atoms with Crippen LogP contribution in [0.5, 0.6) is 5.75 Å². The second-order valence-electron chi connectivity index (χ2n) is 3.71. The number of phenolic OH excluding ortho intramolecular Hbond substituents is 1. The summed E-state index contributed by atoms with van der Waals surface area (Å²) < 4.78 is 55.1. The van der Waals surface area contributed by atoms with Gasteiger partial charge in [-0.05, 0) is 13.0 Å². The molecule has 0 aliphatic rings. The molecule has 0 saturated carbocycles. The first-order valence-corrected chi connectivity index (χ1v) is 5.10. The highest BCUT2D eigenvalue weighted by molar-refractivity contribution is 5.95. The van der Waals surface area contributed by atoms with Crippen LogP contribution in [0.1, 0.15) is 12.5 Å². The fraction of sp³-hybridized carbons (Fsp3) is 0.364. The standard InChI is InChI=1S/C11H11F4NO3/c1-5(19-2)10(18)16-8-3-6(11(13,14)15)7(12)4-9(8)17/h3-5,17H,1-2H3,(H,16,18). The highest BCUT2D eigenvalue weighted by atomic mass is 19.4. The van der Waals surface area contributed by atoms with Gasteiger partial charge in [-0.1, -0.05) is 0 Å². The Morgan fingerprint density at radius 1 is 1.42 bits per heavy atom. The zero-order valence-corrected chi connectivity index (χ0v) is 10.0. The number of benzene rings is 1. The molecule has 0 saturated heterocycles. The van der Waals surface area contributed by atoms with Gasteiger partial charge < -0.3 is 15.2 Å². The molecule has 1 atom stereocenters. The largest absolute Gasteiger partial charge is 0.506 e. The van der Waals surface area contributed by atoms with Gasteiger partial charge in [0.05, 0.1) is 11.3 Å². The van der Waals surface area contributed by atoms with E-state index in [9.17, 15) is 27.5 Å². The molecule has 0 aliphatic carbocycles. The smallest absolute Gasteiger partial charge is 0.419 e. The van der Waals surface area contributed by atoms with Crippen LogP contribution < -0.4 is 5.32 Å². The number of carbonyl (C=O) groups is 1. The molecule has 0 spiro atoms. The van der Waals surface area contributed by atoms with Gasteiger partial charge in [-0.3, -0.25) is 4.79 Å². The maximum atomic E-state index is 13.1. The minimum Gasteiger partial charge on any atom is -0.506 e. The van der Waals surface area contributed by atoms with E-state index in [1.807, 2.05) is 5.32 Å². The van der Waals surface area contributed by atoms with Crippen molar-refractivity contribution in [2.75, 3.05) is 12.4 Å². The summed E-state index contributed by atoms with van der Waals surface area (Å²) >= 11 is 0. The molecule has 1 aromatic rings. The van der Waals surface area contributed by atoms with Crippen LogP contribution in [-0.2, 0) is 15.7 Å². The quantitative estimate of drug-likeness (QED) is 0.661. The van der Waals surface area contributed by atoms with E-state index >= 15 is 0 Å². The third kappa shape index (κ3) is 3.57. The molecule has 1 unspecified atom stereocenters. The van der Waals surface area contributed by atoms with Crippen LogP contribution >= 0.6 is 0 Å². The van der Waals surface area contributed by atoms with E-state index in [4.69, 9.17) is 0 Å². The molecule has 2 N–H and O–H groups in total. The fourth-order valence-corrected chi connectivity index (χ4v) is 1.22. The van der Waals surface area contributed by atoms with Gasteiger partial charge in [-0.15, -0.1) is 0 Å². The van der Waals surface area contributed by atoms with E-state index in [1.165, 1.54) is 14.0 Å². The summed E-state index contributed by atoms with van der Waals surface area (Å²) in [4.78, 5) is 11.4. The molecular formula is C11H11F4NO3. The third-order valence-corrected chi connectivity index (χ3v) is 2.37. The molecular weight excluding hydrogens is 270 g/mol. The van der Waals surface area contributed by atoms with E-state index in [1.54, 1.807) is 0 Å². The first-order chi connectivity index (χ1) is 8.66. The SMILES string of the molecule is COC(C)C(=O)Nc1cc(C(F)(F)F)c(F)cc1O. The summed E-state index contributed by atoms with van der Waals surface area (Å²) in [6.07, 6.45) is -5.86. The lowest BCUT2D eigenvalue weighted by atomic mass is 10.1. The number of aromatic hydroxyl groups is 1. The normalized spacial score (nSPS) is 13.2. The van der Waals surface area contributed by atoms with Gasteiger partial charge >= 0.3 is 6.18 Å². The zero-order chi connectivity index (χ0) is 14.8. The van der Waals surface area contributed by atoms with Crippen molar-refractivity contribution in [2.45, 2.75) is 19.2 Å². The number of methoxy groups -OCH3 is 1. The van der Waals surface area contributed by atoms with Crippen molar-refractivity contribution in [3.63, 3.8) is 0 Å². The Labute approximate surface area is 106 Å². The molecule has 0 aliphatic heterocycles. The van der Waals surface area contributed by atoms with Crippen molar-refractivity contribution >= 4 is 11.6 Å². The lowest BCUT2D eigenvalue weighted by molar-refractivity contribution is -0.140. The van der Waals surface area contributed by atoms with Crippen LogP contribution in [-0.4, -0.2) is 24.2 Å². The highest BCUT2D eigenvalue weighted by Crippen LogP contribution is 2.36. The molecule has 0 fully saturated rings. The second kappa shape index (κ2) is 5.43. The summed E-state index contributed by atoms with van der Waals surface area (Å²) in [5.41, 5.74) is -2.12. The van der Waals surface area contributed by atoms with E-state index in [-0.39, 0.29) is 6.07 Å². The average Bonchev–Trinajstić information content (AvgIpc) is 2.29. The topological polar surface area (TPSA) is 58.6 Å². The number of ether oxygens (including phenoxy) is 1. The molecule has 8 heteroatoms. The molecule has 0 aromatic heterocycles. The highest BCUT2D eigenvalue weighted by Gasteiger charge is 2.35. The predicted octanol–water partition coefficient (Wildman–Crippen LogP) is 2.52.